The second kappa shape index (κ2) is 5.09. The molecule has 1 atom stereocenters. The van der Waals surface area contributed by atoms with Crippen LogP contribution in [0, 0.1) is 0 Å². The van der Waals surface area contributed by atoms with Crippen LogP contribution in [0.5, 0.6) is 0 Å². The molecule has 1 aliphatic heterocycles. The zero-order valence-corrected chi connectivity index (χ0v) is 12.7. The third kappa shape index (κ3) is 2.40. The maximum atomic E-state index is 11.4. The topological polar surface area (TPSA) is 59.9 Å². The number of benzene rings is 1. The lowest BCUT2D eigenvalue weighted by Crippen LogP contribution is -2.31. The minimum absolute atomic E-state index is 0.257. The van der Waals surface area contributed by atoms with Gasteiger partial charge in [-0.2, -0.15) is 0 Å². The third-order valence-corrected chi connectivity index (χ3v) is 4.28. The van der Waals surface area contributed by atoms with E-state index < -0.39 is 6.09 Å². The van der Waals surface area contributed by atoms with Gasteiger partial charge in [-0.15, -0.1) is 0 Å². The Labute approximate surface area is 125 Å². The van der Waals surface area contributed by atoms with Crippen molar-refractivity contribution < 1.29 is 14.3 Å². The van der Waals surface area contributed by atoms with Crippen LogP contribution in [0.1, 0.15) is 18.1 Å². The maximum Gasteiger partial charge on any atom is 0.415 e. The van der Waals surface area contributed by atoms with Crippen molar-refractivity contribution in [2.45, 2.75) is 25.3 Å². The van der Waals surface area contributed by atoms with Crippen LogP contribution in [0.15, 0.2) is 27.7 Å². The molecule has 1 aromatic carbocycles. The third-order valence-electron chi connectivity index (χ3n) is 3.54. The highest BCUT2D eigenvalue weighted by molar-refractivity contribution is 9.10. The van der Waals surface area contributed by atoms with Gasteiger partial charge in [-0.05, 0) is 24.1 Å². The first-order valence-electron chi connectivity index (χ1n) is 6.54. The van der Waals surface area contributed by atoms with E-state index in [1.165, 1.54) is 11.1 Å². The van der Waals surface area contributed by atoms with Crippen molar-refractivity contribution in [2.24, 2.45) is 4.99 Å². The van der Waals surface area contributed by atoms with E-state index in [0.29, 0.717) is 13.2 Å². The Morgan fingerprint density at radius 1 is 1.55 bits per heavy atom. The van der Waals surface area contributed by atoms with Crippen molar-refractivity contribution in [2.75, 3.05) is 13.2 Å². The molecule has 0 saturated heterocycles. The number of nitrogens with one attached hydrogen (secondary N) is 1. The maximum absolute atomic E-state index is 11.4. The zero-order valence-electron chi connectivity index (χ0n) is 11.1. The summed E-state index contributed by atoms with van der Waals surface area (Å²) in [6.07, 6.45) is 1.12. The second-order valence-electron chi connectivity index (χ2n) is 5.01. The summed E-state index contributed by atoms with van der Waals surface area (Å²) in [5.74, 6) is 0. The molecule has 0 saturated carbocycles. The van der Waals surface area contributed by atoms with E-state index in [1.807, 2.05) is 12.1 Å². The quantitative estimate of drug-likeness (QED) is 0.855. The van der Waals surface area contributed by atoms with Gasteiger partial charge in [-0.1, -0.05) is 28.1 Å². The smallest absolute Gasteiger partial charge is 0.415 e. The van der Waals surface area contributed by atoms with E-state index in [0.717, 1.165) is 17.3 Å². The molecule has 2 aliphatic rings. The Morgan fingerprint density at radius 2 is 2.40 bits per heavy atom. The first-order chi connectivity index (χ1) is 9.62. The Balaban J connectivity index is 1.76. The summed E-state index contributed by atoms with van der Waals surface area (Å²) < 4.78 is 11.4. The number of carbonyl (C=O) groups is 1. The van der Waals surface area contributed by atoms with E-state index >= 15 is 0 Å². The van der Waals surface area contributed by atoms with Crippen LogP contribution in [-0.2, 0) is 22.3 Å². The summed E-state index contributed by atoms with van der Waals surface area (Å²) in [5, 5.41) is 2.53. The number of amides is 1. The van der Waals surface area contributed by atoms with Crippen LogP contribution in [-0.4, -0.2) is 30.9 Å². The normalized spacial score (nSPS) is 23.2. The summed E-state index contributed by atoms with van der Waals surface area (Å²) in [6, 6.07) is 6.43. The van der Waals surface area contributed by atoms with Gasteiger partial charge in [0.2, 0.25) is 0 Å². The van der Waals surface area contributed by atoms with Gasteiger partial charge >= 0.3 is 6.09 Å². The minimum Gasteiger partial charge on any atom is -0.462 e. The van der Waals surface area contributed by atoms with Crippen molar-refractivity contribution in [3.05, 3.63) is 33.8 Å². The standard InChI is InChI=1S/C14H15BrN2O3/c1-2-19-13(18)16-12-17-14(8-20-12)6-9-4-3-5-11(15)10(9)7-14/h3-5H,2,6-8H2,1H3,(H,16,17,18). The predicted octanol–water partition coefficient (Wildman–Crippen LogP) is 2.42. The van der Waals surface area contributed by atoms with Crippen LogP contribution in [0.2, 0.25) is 0 Å². The number of ether oxygens (including phenoxy) is 2. The van der Waals surface area contributed by atoms with E-state index in [1.54, 1.807) is 6.92 Å². The summed E-state index contributed by atoms with van der Waals surface area (Å²) in [5.41, 5.74) is 2.27. The summed E-state index contributed by atoms with van der Waals surface area (Å²) in [4.78, 5) is 15.9. The molecule has 0 fully saturated rings. The number of hydrogen-bond acceptors (Lipinski definition) is 4. The van der Waals surface area contributed by atoms with Crippen molar-refractivity contribution in [3.8, 4) is 0 Å². The number of carbonyl (C=O) groups excluding carboxylic acids is 1. The Kier molecular flexibility index (Phi) is 3.41. The molecule has 5 nitrogen and oxygen atoms in total. The first kappa shape index (κ1) is 13.4. The van der Waals surface area contributed by atoms with Crippen molar-refractivity contribution >= 4 is 28.0 Å². The molecular formula is C14H15BrN2O3. The number of amidine groups is 1. The molecule has 1 amide bonds. The average molecular weight is 339 g/mol. The van der Waals surface area contributed by atoms with E-state index in [-0.39, 0.29) is 11.6 Å². The Bertz CT molecular complexity index is 588. The van der Waals surface area contributed by atoms with Gasteiger partial charge in [0.15, 0.2) is 0 Å². The molecule has 20 heavy (non-hydrogen) atoms. The fourth-order valence-corrected chi connectivity index (χ4v) is 3.24. The van der Waals surface area contributed by atoms with E-state index in [9.17, 15) is 4.79 Å². The minimum atomic E-state index is -0.528. The monoisotopic (exact) mass is 338 g/mol. The average Bonchev–Trinajstić information content (AvgIpc) is 2.95. The predicted molar refractivity (Wildman–Crippen MR) is 77.8 cm³/mol. The zero-order chi connectivity index (χ0) is 14.2. The lowest BCUT2D eigenvalue weighted by atomic mass is 9.99. The number of rotatable bonds is 1. The number of halogens is 1. The molecule has 1 spiro atoms. The van der Waals surface area contributed by atoms with Crippen LogP contribution in [0.4, 0.5) is 4.79 Å². The highest BCUT2D eigenvalue weighted by atomic mass is 79.9. The van der Waals surface area contributed by atoms with Crippen LogP contribution >= 0.6 is 15.9 Å². The summed E-state index contributed by atoms with van der Waals surface area (Å²) >= 11 is 3.57. The van der Waals surface area contributed by atoms with Crippen LogP contribution in [0.25, 0.3) is 0 Å². The molecule has 0 radical (unpaired) electrons. The highest BCUT2D eigenvalue weighted by Gasteiger charge is 2.43. The lowest BCUT2D eigenvalue weighted by molar-refractivity contribution is 0.154. The van der Waals surface area contributed by atoms with Gasteiger partial charge < -0.3 is 9.47 Å². The van der Waals surface area contributed by atoms with Gasteiger partial charge in [0.05, 0.1) is 6.61 Å². The SMILES string of the molecule is CCOC(=O)NC1=NC2(CO1)Cc1cccc(Br)c1C2. The molecule has 106 valence electrons. The van der Waals surface area contributed by atoms with Crippen molar-refractivity contribution in [1.82, 2.24) is 5.32 Å². The molecule has 3 rings (SSSR count). The van der Waals surface area contributed by atoms with Crippen molar-refractivity contribution in [3.63, 3.8) is 0 Å². The first-order valence-corrected chi connectivity index (χ1v) is 7.34. The van der Waals surface area contributed by atoms with Crippen LogP contribution in [0.3, 0.4) is 0 Å². The van der Waals surface area contributed by atoms with Crippen LogP contribution < -0.4 is 5.32 Å². The van der Waals surface area contributed by atoms with Gasteiger partial charge in [0.25, 0.3) is 6.02 Å². The second-order valence-corrected chi connectivity index (χ2v) is 5.86. The fourth-order valence-electron chi connectivity index (χ4n) is 2.70. The fraction of sp³-hybridized carbons (Fsp3) is 0.429. The van der Waals surface area contributed by atoms with Gasteiger partial charge in [0.1, 0.15) is 12.1 Å². The number of fused-ring (bicyclic) bond motifs is 1. The Morgan fingerprint density at radius 3 is 3.15 bits per heavy atom. The number of alkyl carbamates (subject to hydrolysis) is 1. The summed E-state index contributed by atoms with van der Waals surface area (Å²) in [6.45, 7) is 2.56. The largest absolute Gasteiger partial charge is 0.462 e. The molecule has 1 aliphatic carbocycles. The molecule has 0 bridgehead atoms. The van der Waals surface area contributed by atoms with E-state index in [2.05, 4.69) is 32.3 Å². The van der Waals surface area contributed by atoms with Gasteiger partial charge in [-0.3, -0.25) is 0 Å². The molecule has 6 heteroatoms. The molecule has 1 unspecified atom stereocenters. The Hall–Kier alpha value is -1.56. The highest BCUT2D eigenvalue weighted by Crippen LogP contribution is 2.39. The molecular weight excluding hydrogens is 324 g/mol. The summed E-state index contributed by atoms with van der Waals surface area (Å²) in [7, 11) is 0. The molecule has 1 aromatic rings. The van der Waals surface area contributed by atoms with E-state index in [4.69, 9.17) is 9.47 Å². The molecule has 1 N–H and O–H groups in total. The van der Waals surface area contributed by atoms with Gasteiger partial charge in [-0.25, -0.2) is 15.1 Å². The lowest BCUT2D eigenvalue weighted by Gasteiger charge is -2.15. The number of nitrogens with zero attached hydrogens (tertiary/aromatic N) is 1. The van der Waals surface area contributed by atoms with Gasteiger partial charge in [0, 0.05) is 17.3 Å². The van der Waals surface area contributed by atoms with Crippen molar-refractivity contribution in [1.29, 1.82) is 0 Å². The molecule has 0 aromatic heterocycles. The molecule has 1 heterocycles. The number of hydrogen-bond donors (Lipinski definition) is 1. The number of aliphatic imine (C=N–C) groups is 1.